The Morgan fingerprint density at radius 3 is 2.55 bits per heavy atom. The molecule has 0 bridgehead atoms. The van der Waals surface area contributed by atoms with Gasteiger partial charge in [-0.15, -0.1) is 0 Å². The number of ether oxygens (including phenoxy) is 1. The third-order valence-electron chi connectivity index (χ3n) is 3.00. The molecular formula is C15H20IN3O. The number of aromatic nitrogens is 2. The summed E-state index contributed by atoms with van der Waals surface area (Å²) in [6.07, 6.45) is 0. The predicted molar refractivity (Wildman–Crippen MR) is 89.2 cm³/mol. The highest BCUT2D eigenvalue weighted by atomic mass is 127. The van der Waals surface area contributed by atoms with Crippen molar-refractivity contribution in [1.82, 2.24) is 15.1 Å². The molecule has 1 aromatic carbocycles. The molecule has 0 spiro atoms. The summed E-state index contributed by atoms with van der Waals surface area (Å²) >= 11 is 2.28. The summed E-state index contributed by atoms with van der Waals surface area (Å²) in [4.78, 5) is 0. The lowest BCUT2D eigenvalue weighted by Crippen LogP contribution is -2.22. The number of benzene rings is 1. The molecule has 108 valence electrons. The first-order valence-electron chi connectivity index (χ1n) is 6.66. The van der Waals surface area contributed by atoms with Crippen molar-refractivity contribution in [2.45, 2.75) is 33.4 Å². The maximum Gasteiger partial charge on any atom is 0.222 e. The topological polar surface area (TPSA) is 39.1 Å². The van der Waals surface area contributed by atoms with Gasteiger partial charge in [-0.3, -0.25) is 0 Å². The van der Waals surface area contributed by atoms with E-state index in [9.17, 15) is 0 Å². The predicted octanol–water partition coefficient (Wildman–Crippen LogP) is 3.62. The molecule has 2 rings (SSSR count). The molecule has 4 nitrogen and oxygen atoms in total. The summed E-state index contributed by atoms with van der Waals surface area (Å²) < 4.78 is 8.99. The minimum absolute atomic E-state index is 0.431. The second-order valence-corrected chi connectivity index (χ2v) is 6.33. The Morgan fingerprint density at radius 2 is 1.95 bits per heavy atom. The lowest BCUT2D eigenvalue weighted by molar-refractivity contribution is 0.422. The normalized spacial score (nSPS) is 11.1. The van der Waals surface area contributed by atoms with Crippen molar-refractivity contribution in [2.75, 3.05) is 0 Å². The minimum Gasteiger partial charge on any atom is -0.439 e. The van der Waals surface area contributed by atoms with Gasteiger partial charge in [0.25, 0.3) is 0 Å². The van der Waals surface area contributed by atoms with Gasteiger partial charge in [0.2, 0.25) is 5.88 Å². The Balaban J connectivity index is 2.23. The Hall–Kier alpha value is -1.08. The molecule has 0 aliphatic heterocycles. The SMILES string of the molecule is Cc1nn(C)c(Oc2ccc(I)cc2)c1CNC(C)C. The Labute approximate surface area is 133 Å². The lowest BCUT2D eigenvalue weighted by atomic mass is 10.2. The van der Waals surface area contributed by atoms with Crippen molar-refractivity contribution in [1.29, 1.82) is 0 Å². The number of halogens is 1. The second kappa shape index (κ2) is 6.58. The van der Waals surface area contributed by atoms with E-state index in [4.69, 9.17) is 4.74 Å². The highest BCUT2D eigenvalue weighted by Gasteiger charge is 2.15. The van der Waals surface area contributed by atoms with Crippen molar-refractivity contribution in [3.63, 3.8) is 0 Å². The third kappa shape index (κ3) is 3.73. The number of aryl methyl sites for hydroxylation is 2. The number of nitrogens with one attached hydrogen (secondary N) is 1. The average Bonchev–Trinajstić information content (AvgIpc) is 2.64. The molecule has 0 aliphatic carbocycles. The third-order valence-corrected chi connectivity index (χ3v) is 3.72. The van der Waals surface area contributed by atoms with E-state index in [-0.39, 0.29) is 0 Å². The zero-order valence-electron chi connectivity index (χ0n) is 12.3. The van der Waals surface area contributed by atoms with Crippen LogP contribution in [0.3, 0.4) is 0 Å². The quantitative estimate of drug-likeness (QED) is 0.800. The summed E-state index contributed by atoms with van der Waals surface area (Å²) in [5, 5.41) is 7.87. The zero-order chi connectivity index (χ0) is 14.7. The molecule has 20 heavy (non-hydrogen) atoms. The van der Waals surface area contributed by atoms with Gasteiger partial charge in [-0.2, -0.15) is 5.10 Å². The molecule has 0 saturated carbocycles. The van der Waals surface area contributed by atoms with Crippen molar-refractivity contribution < 1.29 is 4.74 Å². The van der Waals surface area contributed by atoms with Crippen molar-refractivity contribution >= 4 is 22.6 Å². The van der Waals surface area contributed by atoms with E-state index in [2.05, 4.69) is 46.9 Å². The van der Waals surface area contributed by atoms with Crippen molar-refractivity contribution in [3.05, 3.63) is 39.1 Å². The van der Waals surface area contributed by atoms with Crippen LogP contribution in [0.2, 0.25) is 0 Å². The van der Waals surface area contributed by atoms with E-state index < -0.39 is 0 Å². The highest BCUT2D eigenvalue weighted by molar-refractivity contribution is 14.1. The molecule has 0 atom stereocenters. The van der Waals surface area contributed by atoms with Gasteiger partial charge >= 0.3 is 0 Å². The van der Waals surface area contributed by atoms with Gasteiger partial charge in [0.05, 0.1) is 11.3 Å². The molecule has 2 aromatic rings. The van der Waals surface area contributed by atoms with Crippen LogP contribution in [-0.4, -0.2) is 15.8 Å². The van der Waals surface area contributed by atoms with Gasteiger partial charge in [-0.25, -0.2) is 4.68 Å². The Kier molecular flexibility index (Phi) is 5.04. The van der Waals surface area contributed by atoms with Gasteiger partial charge in [-0.05, 0) is 53.8 Å². The van der Waals surface area contributed by atoms with Crippen LogP contribution in [0.4, 0.5) is 0 Å². The van der Waals surface area contributed by atoms with Crippen LogP contribution in [-0.2, 0) is 13.6 Å². The lowest BCUT2D eigenvalue weighted by Gasteiger charge is -2.11. The summed E-state index contributed by atoms with van der Waals surface area (Å²) in [6, 6.07) is 8.45. The molecule has 0 radical (unpaired) electrons. The first-order valence-corrected chi connectivity index (χ1v) is 7.74. The minimum atomic E-state index is 0.431. The fraction of sp³-hybridized carbons (Fsp3) is 0.400. The molecule has 1 N–H and O–H groups in total. The van der Waals surface area contributed by atoms with Gasteiger partial charge in [-0.1, -0.05) is 13.8 Å². The fourth-order valence-electron chi connectivity index (χ4n) is 1.93. The molecule has 0 fully saturated rings. The molecular weight excluding hydrogens is 365 g/mol. The van der Waals surface area contributed by atoms with Crippen LogP contribution >= 0.6 is 22.6 Å². The van der Waals surface area contributed by atoms with Crippen LogP contribution in [0.15, 0.2) is 24.3 Å². The summed E-state index contributed by atoms with van der Waals surface area (Å²) in [6.45, 7) is 7.03. The van der Waals surface area contributed by atoms with Gasteiger partial charge in [0, 0.05) is 23.2 Å². The first kappa shape index (κ1) is 15.3. The van der Waals surface area contributed by atoms with E-state index >= 15 is 0 Å². The standard InChI is InChI=1S/C15H20IN3O/c1-10(2)17-9-14-11(3)18-19(4)15(14)20-13-7-5-12(16)6-8-13/h5-8,10,17H,9H2,1-4H3. The number of hydrogen-bond donors (Lipinski definition) is 1. The molecule has 0 aliphatic rings. The average molecular weight is 385 g/mol. The summed E-state index contributed by atoms with van der Waals surface area (Å²) in [5.74, 6) is 1.64. The van der Waals surface area contributed by atoms with E-state index in [1.54, 1.807) is 4.68 Å². The molecule has 1 aromatic heterocycles. The highest BCUT2D eigenvalue weighted by Crippen LogP contribution is 2.27. The van der Waals surface area contributed by atoms with E-state index in [0.717, 1.165) is 29.4 Å². The maximum absolute atomic E-state index is 6.01. The van der Waals surface area contributed by atoms with Crippen LogP contribution in [0.5, 0.6) is 11.6 Å². The molecule has 5 heteroatoms. The first-order chi connectivity index (χ1) is 9.47. The van der Waals surface area contributed by atoms with Crippen LogP contribution in [0, 0.1) is 10.5 Å². The van der Waals surface area contributed by atoms with Gasteiger partial charge in [0.15, 0.2) is 0 Å². The maximum atomic E-state index is 6.01. The largest absolute Gasteiger partial charge is 0.439 e. The van der Waals surface area contributed by atoms with Crippen LogP contribution < -0.4 is 10.1 Å². The molecule has 0 saturated heterocycles. The smallest absolute Gasteiger partial charge is 0.222 e. The second-order valence-electron chi connectivity index (χ2n) is 5.08. The number of rotatable bonds is 5. The molecule has 1 heterocycles. The van der Waals surface area contributed by atoms with Gasteiger partial charge in [0.1, 0.15) is 5.75 Å². The van der Waals surface area contributed by atoms with Crippen LogP contribution in [0.25, 0.3) is 0 Å². The number of nitrogens with zero attached hydrogens (tertiary/aromatic N) is 2. The monoisotopic (exact) mass is 385 g/mol. The number of hydrogen-bond acceptors (Lipinski definition) is 3. The van der Waals surface area contributed by atoms with E-state index in [1.165, 1.54) is 3.57 Å². The summed E-state index contributed by atoms with van der Waals surface area (Å²) in [7, 11) is 1.91. The van der Waals surface area contributed by atoms with Crippen LogP contribution in [0.1, 0.15) is 25.1 Å². The summed E-state index contributed by atoms with van der Waals surface area (Å²) in [5.41, 5.74) is 2.11. The van der Waals surface area contributed by atoms with E-state index in [0.29, 0.717) is 6.04 Å². The molecule has 0 amide bonds. The zero-order valence-corrected chi connectivity index (χ0v) is 14.4. The fourth-order valence-corrected chi connectivity index (χ4v) is 2.29. The van der Waals surface area contributed by atoms with Crippen molar-refractivity contribution in [3.8, 4) is 11.6 Å². The van der Waals surface area contributed by atoms with E-state index in [1.807, 2.05) is 38.2 Å². The van der Waals surface area contributed by atoms with Crippen molar-refractivity contribution in [2.24, 2.45) is 7.05 Å². The molecule has 0 unspecified atom stereocenters. The Morgan fingerprint density at radius 1 is 1.30 bits per heavy atom. The van der Waals surface area contributed by atoms with Gasteiger partial charge < -0.3 is 10.1 Å². The Bertz CT molecular complexity index is 576.